The third-order valence-electron chi connectivity index (χ3n) is 6.94. The minimum absolute atomic E-state index is 0.671. The van der Waals surface area contributed by atoms with Crippen molar-refractivity contribution in [1.29, 1.82) is 0 Å². The molecule has 0 amide bonds. The van der Waals surface area contributed by atoms with Crippen molar-refractivity contribution in [3.05, 3.63) is 54.1 Å². The van der Waals surface area contributed by atoms with Crippen molar-refractivity contribution >= 4 is 0 Å². The van der Waals surface area contributed by atoms with Crippen LogP contribution in [0.2, 0.25) is 0 Å². The Morgan fingerprint density at radius 2 is 1.16 bits per heavy atom. The van der Waals surface area contributed by atoms with E-state index >= 15 is 0 Å². The molecule has 0 aliphatic heterocycles. The highest BCUT2D eigenvalue weighted by Gasteiger charge is 2.22. The number of unbranched alkanes of at least 4 members (excludes halogenated alkanes) is 13. The Labute approximate surface area is 199 Å². The van der Waals surface area contributed by atoms with Crippen molar-refractivity contribution in [2.45, 2.75) is 135 Å². The lowest BCUT2D eigenvalue weighted by Gasteiger charge is -2.14. The third kappa shape index (κ3) is 11.3. The van der Waals surface area contributed by atoms with Crippen LogP contribution in [0.25, 0.3) is 0 Å². The van der Waals surface area contributed by atoms with Crippen molar-refractivity contribution in [1.82, 2.24) is 4.98 Å². The molecule has 0 spiro atoms. The fraction of sp³-hybridized carbons (Fsp3) is 0.700. The Bertz CT molecular complexity index is 660. The molecule has 1 aromatic carbocycles. The lowest BCUT2D eigenvalue weighted by molar-refractivity contribution is -0.695. The van der Waals surface area contributed by atoms with E-state index < -0.39 is 0 Å². The first-order valence-electron chi connectivity index (χ1n) is 14.0. The van der Waals surface area contributed by atoms with E-state index in [0.29, 0.717) is 5.92 Å². The normalized spacial score (nSPS) is 12.3. The first kappa shape index (κ1) is 26.7. The maximum Gasteiger partial charge on any atom is 0.257 e. The van der Waals surface area contributed by atoms with Crippen molar-refractivity contribution in [2.75, 3.05) is 0 Å². The van der Waals surface area contributed by atoms with E-state index in [9.17, 15) is 0 Å². The molecule has 1 atom stereocenters. The maximum atomic E-state index is 3.63. The lowest BCUT2D eigenvalue weighted by Crippen LogP contribution is -2.38. The van der Waals surface area contributed by atoms with Crippen LogP contribution in [0.5, 0.6) is 0 Å². The molecular weight excluding hydrogens is 388 g/mol. The van der Waals surface area contributed by atoms with E-state index in [4.69, 9.17) is 0 Å². The van der Waals surface area contributed by atoms with Gasteiger partial charge in [0, 0.05) is 0 Å². The van der Waals surface area contributed by atoms with Crippen LogP contribution in [0, 0.1) is 0 Å². The summed E-state index contributed by atoms with van der Waals surface area (Å²) >= 11 is 0. The van der Waals surface area contributed by atoms with Crippen molar-refractivity contribution in [3.63, 3.8) is 0 Å². The Morgan fingerprint density at radius 1 is 0.656 bits per heavy atom. The standard InChI is InChI=1S/C30H50N2/c1-3-5-7-9-11-13-15-20-24-29(23-19-14-12-10-8-6-4-2)30-31-25-26-32(30)27-28-21-17-16-18-22-28/h16-18,21-22,25-26,29H,3-15,19-20,23-24,27H2,1-2H3/p+1/t29-/m0/s1. The van der Waals surface area contributed by atoms with E-state index in [1.807, 2.05) is 0 Å². The molecule has 0 bridgehead atoms. The fourth-order valence-electron chi connectivity index (χ4n) is 4.94. The zero-order chi connectivity index (χ0) is 22.7. The number of imidazole rings is 1. The molecule has 0 aliphatic carbocycles. The van der Waals surface area contributed by atoms with Crippen LogP contribution < -0.4 is 4.57 Å². The summed E-state index contributed by atoms with van der Waals surface area (Å²) in [4.78, 5) is 3.63. The first-order valence-corrected chi connectivity index (χ1v) is 14.0. The molecule has 1 N–H and O–H groups in total. The van der Waals surface area contributed by atoms with Gasteiger partial charge in [-0.05, 0) is 18.4 Å². The van der Waals surface area contributed by atoms with Crippen LogP contribution in [0.15, 0.2) is 42.7 Å². The zero-order valence-corrected chi connectivity index (χ0v) is 21.3. The molecule has 0 saturated heterocycles. The van der Waals surface area contributed by atoms with E-state index in [1.165, 1.54) is 121 Å². The van der Waals surface area contributed by atoms with Gasteiger partial charge in [0.25, 0.3) is 5.82 Å². The first-order chi connectivity index (χ1) is 15.8. The van der Waals surface area contributed by atoms with Crippen molar-refractivity contribution in [3.8, 4) is 0 Å². The molecule has 0 saturated carbocycles. The van der Waals surface area contributed by atoms with Gasteiger partial charge in [-0.15, -0.1) is 0 Å². The average molecular weight is 440 g/mol. The molecule has 32 heavy (non-hydrogen) atoms. The Kier molecular flexibility index (Phi) is 14.9. The summed E-state index contributed by atoms with van der Waals surface area (Å²) in [6.07, 6.45) is 28.1. The highest BCUT2D eigenvalue weighted by molar-refractivity contribution is 5.13. The quantitative estimate of drug-likeness (QED) is 0.157. The van der Waals surface area contributed by atoms with Gasteiger partial charge in [0.15, 0.2) is 0 Å². The molecule has 1 aromatic heterocycles. The van der Waals surface area contributed by atoms with Crippen LogP contribution in [-0.4, -0.2) is 4.98 Å². The van der Waals surface area contributed by atoms with Crippen molar-refractivity contribution < 1.29 is 4.57 Å². The predicted octanol–water partition coefficient (Wildman–Crippen LogP) is 9.11. The maximum absolute atomic E-state index is 3.63. The van der Waals surface area contributed by atoms with Gasteiger partial charge in [0.05, 0.1) is 5.92 Å². The highest BCUT2D eigenvalue weighted by atomic mass is 15.1. The molecule has 0 unspecified atom stereocenters. The van der Waals surface area contributed by atoms with Gasteiger partial charge in [-0.2, -0.15) is 0 Å². The number of benzene rings is 1. The Hall–Kier alpha value is -1.57. The summed E-state index contributed by atoms with van der Waals surface area (Å²) in [5.74, 6) is 2.12. The topological polar surface area (TPSA) is 19.7 Å². The van der Waals surface area contributed by atoms with Crippen LogP contribution >= 0.6 is 0 Å². The van der Waals surface area contributed by atoms with Crippen LogP contribution in [0.4, 0.5) is 0 Å². The SMILES string of the molecule is CCCCCCCCCC[C@H](CCCCCCCCC)c1[nH]cc[n+]1Cc1ccccc1. The molecule has 2 nitrogen and oxygen atoms in total. The molecular formula is C30H51N2+. The molecule has 1 heterocycles. The van der Waals surface area contributed by atoms with E-state index in [0.717, 1.165) is 6.54 Å². The van der Waals surface area contributed by atoms with Gasteiger partial charge in [-0.1, -0.05) is 140 Å². The fourth-order valence-corrected chi connectivity index (χ4v) is 4.94. The van der Waals surface area contributed by atoms with Gasteiger partial charge >= 0.3 is 0 Å². The van der Waals surface area contributed by atoms with Crippen LogP contribution in [0.1, 0.15) is 140 Å². The second-order valence-corrected chi connectivity index (χ2v) is 9.83. The molecule has 0 fully saturated rings. The molecule has 2 heteroatoms. The van der Waals surface area contributed by atoms with Gasteiger partial charge in [0.1, 0.15) is 18.9 Å². The number of H-pyrrole nitrogens is 1. The van der Waals surface area contributed by atoms with E-state index in [1.54, 1.807) is 0 Å². The van der Waals surface area contributed by atoms with Gasteiger partial charge < -0.3 is 0 Å². The lowest BCUT2D eigenvalue weighted by atomic mass is 9.93. The largest absolute Gasteiger partial charge is 0.257 e. The molecule has 2 rings (SSSR count). The highest BCUT2D eigenvalue weighted by Crippen LogP contribution is 2.26. The Morgan fingerprint density at radius 3 is 1.69 bits per heavy atom. The smallest absolute Gasteiger partial charge is 0.247 e. The predicted molar refractivity (Wildman–Crippen MR) is 139 cm³/mol. The second kappa shape index (κ2) is 17.9. The summed E-state index contributed by atoms with van der Waals surface area (Å²) < 4.78 is 2.46. The molecule has 0 aliphatic rings. The third-order valence-corrected chi connectivity index (χ3v) is 6.94. The molecule has 2 aromatic rings. The number of aromatic amines is 1. The van der Waals surface area contributed by atoms with Crippen LogP contribution in [0.3, 0.4) is 0 Å². The number of hydrogen-bond donors (Lipinski definition) is 1. The number of rotatable bonds is 20. The summed E-state index contributed by atoms with van der Waals surface area (Å²) in [6.45, 7) is 5.58. The summed E-state index contributed by atoms with van der Waals surface area (Å²) in [7, 11) is 0. The van der Waals surface area contributed by atoms with Gasteiger partial charge in [0.2, 0.25) is 0 Å². The zero-order valence-electron chi connectivity index (χ0n) is 21.3. The molecule has 180 valence electrons. The van der Waals surface area contributed by atoms with Crippen molar-refractivity contribution in [2.24, 2.45) is 0 Å². The minimum atomic E-state index is 0.671. The van der Waals surface area contributed by atoms with Gasteiger partial charge in [-0.25, -0.2) is 9.55 Å². The summed E-state index contributed by atoms with van der Waals surface area (Å²) in [6, 6.07) is 10.9. The monoisotopic (exact) mass is 439 g/mol. The summed E-state index contributed by atoms with van der Waals surface area (Å²) in [5, 5.41) is 0. The van der Waals surface area contributed by atoms with E-state index in [2.05, 4.69) is 66.1 Å². The van der Waals surface area contributed by atoms with E-state index in [-0.39, 0.29) is 0 Å². The minimum Gasteiger partial charge on any atom is -0.247 e. The number of nitrogens with one attached hydrogen (secondary N) is 1. The Balaban J connectivity index is 1.83. The molecule has 0 radical (unpaired) electrons. The number of aromatic nitrogens is 2. The average Bonchev–Trinajstić information content (AvgIpc) is 3.27. The second-order valence-electron chi connectivity index (χ2n) is 9.83. The summed E-state index contributed by atoms with van der Waals surface area (Å²) in [5.41, 5.74) is 1.39. The van der Waals surface area contributed by atoms with Crippen LogP contribution in [-0.2, 0) is 6.54 Å². The number of hydrogen-bond acceptors (Lipinski definition) is 0. The van der Waals surface area contributed by atoms with Gasteiger partial charge in [-0.3, -0.25) is 0 Å². The number of nitrogens with zero attached hydrogens (tertiary/aromatic N) is 1.